The average Bonchev–Trinajstić information content (AvgIpc) is 2.61. The summed E-state index contributed by atoms with van der Waals surface area (Å²) >= 11 is 0. The fourth-order valence-electron chi connectivity index (χ4n) is 0.958. The topological polar surface area (TPSA) is 9.23 Å². The highest BCUT2D eigenvalue weighted by Gasteiger charge is 2.63. The van der Waals surface area contributed by atoms with Crippen LogP contribution in [0, 0.1) is 5.41 Å². The Morgan fingerprint density at radius 1 is 1.36 bits per heavy atom. The van der Waals surface area contributed by atoms with E-state index in [1.54, 1.807) is 6.92 Å². The maximum atomic E-state index is 12.1. The predicted octanol–water partition coefficient (Wildman–Crippen LogP) is 2.37. The molecule has 0 heterocycles. The number of ether oxygens (including phenoxy) is 1. The van der Waals surface area contributed by atoms with Crippen LogP contribution in [0.15, 0.2) is 0 Å². The average molecular weight is 168 g/mol. The molecule has 11 heavy (non-hydrogen) atoms. The molecule has 1 nitrogen and oxygen atoms in total. The predicted molar refractivity (Wildman–Crippen MR) is 34.2 cm³/mol. The van der Waals surface area contributed by atoms with E-state index in [0.29, 0.717) is 6.61 Å². The number of rotatable bonds is 3. The molecule has 4 heteroatoms. The van der Waals surface area contributed by atoms with Gasteiger partial charge in [0.2, 0.25) is 0 Å². The van der Waals surface area contributed by atoms with E-state index in [9.17, 15) is 13.2 Å². The second-order valence-electron chi connectivity index (χ2n) is 2.92. The lowest BCUT2D eigenvalue weighted by atomic mass is 10.1. The zero-order valence-electron chi connectivity index (χ0n) is 6.37. The third-order valence-corrected chi connectivity index (χ3v) is 2.04. The highest BCUT2D eigenvalue weighted by molar-refractivity contribution is 4.98. The van der Waals surface area contributed by atoms with E-state index in [0.717, 1.165) is 0 Å². The smallest absolute Gasteiger partial charge is 0.381 e. The quantitative estimate of drug-likeness (QED) is 0.628. The fourth-order valence-corrected chi connectivity index (χ4v) is 0.958. The molecule has 1 rings (SSSR count). The zero-order valence-corrected chi connectivity index (χ0v) is 6.37. The van der Waals surface area contributed by atoms with Crippen molar-refractivity contribution in [2.45, 2.75) is 25.9 Å². The van der Waals surface area contributed by atoms with Crippen LogP contribution in [0.5, 0.6) is 0 Å². The van der Waals surface area contributed by atoms with E-state index >= 15 is 0 Å². The van der Waals surface area contributed by atoms with Gasteiger partial charge in [0.1, 0.15) is 0 Å². The molecule has 0 atom stereocenters. The molecule has 0 saturated heterocycles. The van der Waals surface area contributed by atoms with Gasteiger partial charge in [-0.2, -0.15) is 13.2 Å². The van der Waals surface area contributed by atoms with Crippen LogP contribution >= 0.6 is 0 Å². The highest BCUT2D eigenvalue weighted by atomic mass is 19.4. The molecule has 0 aromatic heterocycles. The molecule has 1 aliphatic carbocycles. The minimum absolute atomic E-state index is 0.160. The summed E-state index contributed by atoms with van der Waals surface area (Å²) in [5.41, 5.74) is -1.48. The first-order valence-corrected chi connectivity index (χ1v) is 3.66. The summed E-state index contributed by atoms with van der Waals surface area (Å²) in [5.74, 6) is 0. The standard InChI is InChI=1S/C7H11F3O/c1-2-11-5-6(3-4-6)7(8,9)10/h2-5H2,1H3. The summed E-state index contributed by atoms with van der Waals surface area (Å²) in [6, 6.07) is 0. The van der Waals surface area contributed by atoms with Crippen LogP contribution in [0.4, 0.5) is 13.2 Å². The van der Waals surface area contributed by atoms with Gasteiger partial charge in [0.15, 0.2) is 0 Å². The van der Waals surface area contributed by atoms with Gasteiger partial charge in [-0.1, -0.05) is 0 Å². The minimum atomic E-state index is -4.07. The van der Waals surface area contributed by atoms with Gasteiger partial charge in [0.25, 0.3) is 0 Å². The Balaban J connectivity index is 2.41. The molecule has 0 aromatic rings. The van der Waals surface area contributed by atoms with Gasteiger partial charge >= 0.3 is 6.18 Å². The summed E-state index contributed by atoms with van der Waals surface area (Å²) < 4.78 is 41.2. The van der Waals surface area contributed by atoms with Crippen molar-refractivity contribution in [3.05, 3.63) is 0 Å². The van der Waals surface area contributed by atoms with E-state index in [1.807, 2.05) is 0 Å². The minimum Gasteiger partial charge on any atom is -0.381 e. The van der Waals surface area contributed by atoms with Gasteiger partial charge in [-0.15, -0.1) is 0 Å². The summed E-state index contributed by atoms with van der Waals surface area (Å²) in [7, 11) is 0. The summed E-state index contributed by atoms with van der Waals surface area (Å²) in [5, 5.41) is 0. The van der Waals surface area contributed by atoms with E-state index in [2.05, 4.69) is 0 Å². The Morgan fingerprint density at radius 3 is 2.18 bits per heavy atom. The van der Waals surface area contributed by atoms with Crippen LogP contribution in [0.2, 0.25) is 0 Å². The van der Waals surface area contributed by atoms with Gasteiger partial charge in [0, 0.05) is 6.61 Å². The molecule has 0 spiro atoms. The summed E-state index contributed by atoms with van der Waals surface area (Å²) in [6.45, 7) is 1.90. The second kappa shape index (κ2) is 2.66. The Kier molecular flexibility index (Phi) is 2.14. The third-order valence-electron chi connectivity index (χ3n) is 2.04. The van der Waals surface area contributed by atoms with Crippen molar-refractivity contribution >= 4 is 0 Å². The van der Waals surface area contributed by atoms with Crippen molar-refractivity contribution in [3.63, 3.8) is 0 Å². The Labute approximate surface area is 63.5 Å². The fraction of sp³-hybridized carbons (Fsp3) is 1.00. The lowest BCUT2D eigenvalue weighted by Gasteiger charge is -2.18. The number of halogens is 3. The maximum Gasteiger partial charge on any atom is 0.396 e. The van der Waals surface area contributed by atoms with Crippen LogP contribution < -0.4 is 0 Å². The summed E-state index contributed by atoms with van der Waals surface area (Å²) in [4.78, 5) is 0. The molecule has 1 aliphatic rings. The van der Waals surface area contributed by atoms with E-state index in [-0.39, 0.29) is 19.4 Å². The zero-order chi connectivity index (χ0) is 8.54. The van der Waals surface area contributed by atoms with Crippen LogP contribution in [0.25, 0.3) is 0 Å². The Morgan fingerprint density at radius 2 is 1.91 bits per heavy atom. The highest BCUT2D eigenvalue weighted by Crippen LogP contribution is 2.57. The first-order valence-electron chi connectivity index (χ1n) is 3.66. The molecule has 0 radical (unpaired) electrons. The molecule has 0 aliphatic heterocycles. The molecule has 0 unspecified atom stereocenters. The molecule has 66 valence electrons. The lowest BCUT2D eigenvalue weighted by molar-refractivity contribution is -0.201. The molecule has 0 N–H and O–H groups in total. The normalized spacial score (nSPS) is 21.8. The van der Waals surface area contributed by atoms with Gasteiger partial charge < -0.3 is 4.74 Å². The van der Waals surface area contributed by atoms with Crippen LogP contribution in [-0.4, -0.2) is 19.4 Å². The molecule has 1 fully saturated rings. The first kappa shape index (κ1) is 8.84. The maximum absolute atomic E-state index is 12.1. The van der Waals surface area contributed by atoms with Gasteiger partial charge in [-0.3, -0.25) is 0 Å². The largest absolute Gasteiger partial charge is 0.396 e. The van der Waals surface area contributed by atoms with E-state index in [4.69, 9.17) is 4.74 Å². The molecular formula is C7H11F3O. The van der Waals surface area contributed by atoms with Crippen LogP contribution in [0.1, 0.15) is 19.8 Å². The van der Waals surface area contributed by atoms with Crippen molar-refractivity contribution in [1.29, 1.82) is 0 Å². The Bertz CT molecular complexity index is 137. The van der Waals surface area contributed by atoms with E-state index in [1.165, 1.54) is 0 Å². The van der Waals surface area contributed by atoms with Crippen LogP contribution in [-0.2, 0) is 4.74 Å². The molecule has 0 amide bonds. The molecule has 1 saturated carbocycles. The van der Waals surface area contributed by atoms with Crippen molar-refractivity contribution < 1.29 is 17.9 Å². The molecule has 0 aromatic carbocycles. The van der Waals surface area contributed by atoms with Crippen LogP contribution in [0.3, 0.4) is 0 Å². The third kappa shape index (κ3) is 1.67. The van der Waals surface area contributed by atoms with Crippen molar-refractivity contribution in [2.24, 2.45) is 5.41 Å². The van der Waals surface area contributed by atoms with Gasteiger partial charge in [-0.05, 0) is 19.8 Å². The number of alkyl halides is 3. The first-order chi connectivity index (χ1) is 5.02. The van der Waals surface area contributed by atoms with Gasteiger partial charge in [-0.25, -0.2) is 0 Å². The number of hydrogen-bond donors (Lipinski definition) is 0. The lowest BCUT2D eigenvalue weighted by Crippen LogP contribution is -2.29. The second-order valence-corrected chi connectivity index (χ2v) is 2.92. The van der Waals surface area contributed by atoms with Gasteiger partial charge in [0.05, 0.1) is 12.0 Å². The van der Waals surface area contributed by atoms with Crippen molar-refractivity contribution in [3.8, 4) is 0 Å². The monoisotopic (exact) mass is 168 g/mol. The Hall–Kier alpha value is -0.250. The molecular weight excluding hydrogens is 157 g/mol. The summed E-state index contributed by atoms with van der Waals surface area (Å²) in [6.07, 6.45) is -3.60. The van der Waals surface area contributed by atoms with Crippen molar-refractivity contribution in [2.75, 3.05) is 13.2 Å². The molecule has 0 bridgehead atoms. The van der Waals surface area contributed by atoms with Crippen molar-refractivity contribution in [1.82, 2.24) is 0 Å². The van der Waals surface area contributed by atoms with E-state index < -0.39 is 11.6 Å². The SMILES string of the molecule is CCOCC1(C(F)(F)F)CC1. The number of hydrogen-bond acceptors (Lipinski definition) is 1.